The fraction of sp³-hybridized carbons (Fsp3) is 0.400. The van der Waals surface area contributed by atoms with Gasteiger partial charge in [0, 0.05) is 31.7 Å². The summed E-state index contributed by atoms with van der Waals surface area (Å²) in [7, 11) is 0. The molecule has 0 aromatic heterocycles. The Kier molecular flexibility index (Phi) is 4.76. The van der Waals surface area contributed by atoms with E-state index >= 15 is 0 Å². The predicted molar refractivity (Wildman–Crippen MR) is 96.5 cm³/mol. The highest BCUT2D eigenvalue weighted by Gasteiger charge is 2.28. The van der Waals surface area contributed by atoms with E-state index in [0.29, 0.717) is 13.4 Å². The molecule has 1 fully saturated rings. The summed E-state index contributed by atoms with van der Waals surface area (Å²) < 4.78 is 17.0. The van der Waals surface area contributed by atoms with Gasteiger partial charge < -0.3 is 19.5 Å². The summed E-state index contributed by atoms with van der Waals surface area (Å²) in [6.45, 7) is 6.98. The molecule has 1 unspecified atom stereocenters. The zero-order chi connectivity index (χ0) is 17.1. The third-order valence-corrected chi connectivity index (χ3v) is 4.74. The van der Waals surface area contributed by atoms with Crippen molar-refractivity contribution in [1.29, 1.82) is 0 Å². The van der Waals surface area contributed by atoms with Crippen LogP contribution in [0.1, 0.15) is 24.1 Å². The molecule has 5 nitrogen and oxygen atoms in total. The molecule has 1 N–H and O–H groups in total. The van der Waals surface area contributed by atoms with Crippen LogP contribution in [0.5, 0.6) is 17.2 Å². The van der Waals surface area contributed by atoms with Crippen LogP contribution in [-0.2, 0) is 0 Å². The fourth-order valence-electron chi connectivity index (χ4n) is 3.60. The summed E-state index contributed by atoms with van der Waals surface area (Å²) >= 11 is 0. The first kappa shape index (κ1) is 16.2. The second-order valence-corrected chi connectivity index (χ2v) is 6.27. The Balaban J connectivity index is 1.77. The number of piperazine rings is 1. The Bertz CT molecular complexity index is 729. The molecular formula is C20H24N2O3. The number of hydrogen-bond acceptors (Lipinski definition) is 5. The molecule has 2 heterocycles. The van der Waals surface area contributed by atoms with Crippen molar-refractivity contribution in [1.82, 2.24) is 10.2 Å². The molecule has 1 saturated heterocycles. The first-order valence-corrected chi connectivity index (χ1v) is 8.93. The van der Waals surface area contributed by atoms with Crippen LogP contribution in [0, 0.1) is 0 Å². The summed E-state index contributed by atoms with van der Waals surface area (Å²) in [5, 5.41) is 3.44. The van der Waals surface area contributed by atoms with Gasteiger partial charge in [0.05, 0.1) is 12.6 Å². The number of nitrogens with one attached hydrogen (secondary N) is 1. The van der Waals surface area contributed by atoms with Crippen LogP contribution in [0.25, 0.3) is 0 Å². The average molecular weight is 340 g/mol. The average Bonchev–Trinajstić information content (AvgIpc) is 3.12. The second kappa shape index (κ2) is 7.33. The Morgan fingerprint density at radius 2 is 1.88 bits per heavy atom. The monoisotopic (exact) mass is 340 g/mol. The van der Waals surface area contributed by atoms with E-state index in [-0.39, 0.29) is 6.04 Å². The summed E-state index contributed by atoms with van der Waals surface area (Å²) in [6.07, 6.45) is 0. The lowest BCUT2D eigenvalue weighted by Crippen LogP contribution is -2.45. The number of hydrogen-bond donors (Lipinski definition) is 1. The number of para-hydroxylation sites is 1. The lowest BCUT2D eigenvalue weighted by Gasteiger charge is -2.36. The molecule has 0 radical (unpaired) electrons. The third-order valence-electron chi connectivity index (χ3n) is 4.74. The summed E-state index contributed by atoms with van der Waals surface area (Å²) in [6, 6.07) is 14.7. The standard InChI is InChI=1S/C20H24N2O3/c1-2-23-17-6-4-3-5-16(17)20(22-11-9-21-10-12-22)15-7-8-18-19(13-15)25-14-24-18/h3-8,13,20-21H,2,9-12,14H2,1H3. The van der Waals surface area contributed by atoms with Crippen LogP contribution in [0.2, 0.25) is 0 Å². The van der Waals surface area contributed by atoms with E-state index in [2.05, 4.69) is 40.5 Å². The smallest absolute Gasteiger partial charge is 0.231 e. The highest BCUT2D eigenvalue weighted by molar-refractivity contribution is 5.49. The molecule has 0 bridgehead atoms. The molecule has 2 aliphatic heterocycles. The molecule has 0 amide bonds. The molecule has 132 valence electrons. The molecule has 0 spiro atoms. The lowest BCUT2D eigenvalue weighted by atomic mass is 9.95. The first-order valence-electron chi connectivity index (χ1n) is 8.93. The zero-order valence-electron chi connectivity index (χ0n) is 14.5. The summed E-state index contributed by atoms with van der Waals surface area (Å²) in [4.78, 5) is 2.51. The van der Waals surface area contributed by atoms with Crippen molar-refractivity contribution in [2.75, 3.05) is 39.6 Å². The van der Waals surface area contributed by atoms with Gasteiger partial charge in [-0.3, -0.25) is 4.90 Å². The van der Waals surface area contributed by atoms with Crippen molar-refractivity contribution in [3.05, 3.63) is 53.6 Å². The van der Waals surface area contributed by atoms with Gasteiger partial charge in [-0.25, -0.2) is 0 Å². The number of nitrogens with zero attached hydrogens (tertiary/aromatic N) is 1. The van der Waals surface area contributed by atoms with Crippen molar-refractivity contribution in [2.45, 2.75) is 13.0 Å². The third kappa shape index (κ3) is 3.30. The van der Waals surface area contributed by atoms with Crippen molar-refractivity contribution < 1.29 is 14.2 Å². The van der Waals surface area contributed by atoms with Crippen LogP contribution in [0.15, 0.2) is 42.5 Å². The van der Waals surface area contributed by atoms with Gasteiger partial charge in [0.25, 0.3) is 0 Å². The minimum atomic E-state index is 0.138. The van der Waals surface area contributed by atoms with Gasteiger partial charge in [-0.15, -0.1) is 0 Å². The second-order valence-electron chi connectivity index (χ2n) is 6.27. The van der Waals surface area contributed by atoms with Gasteiger partial charge in [0.2, 0.25) is 6.79 Å². The Morgan fingerprint density at radius 1 is 1.08 bits per heavy atom. The number of fused-ring (bicyclic) bond motifs is 1. The molecule has 2 aromatic carbocycles. The molecule has 0 aliphatic carbocycles. The highest BCUT2D eigenvalue weighted by Crippen LogP contribution is 2.40. The van der Waals surface area contributed by atoms with E-state index in [0.717, 1.165) is 43.4 Å². The first-order chi connectivity index (χ1) is 12.4. The molecule has 2 aromatic rings. The lowest BCUT2D eigenvalue weighted by molar-refractivity contribution is 0.173. The number of ether oxygens (including phenoxy) is 3. The van der Waals surface area contributed by atoms with Crippen LogP contribution < -0.4 is 19.5 Å². The number of rotatable bonds is 5. The fourth-order valence-corrected chi connectivity index (χ4v) is 3.60. The molecule has 2 aliphatic rings. The molecule has 1 atom stereocenters. The van der Waals surface area contributed by atoms with E-state index in [9.17, 15) is 0 Å². The van der Waals surface area contributed by atoms with Crippen molar-refractivity contribution >= 4 is 0 Å². The van der Waals surface area contributed by atoms with E-state index in [4.69, 9.17) is 14.2 Å². The van der Waals surface area contributed by atoms with Crippen molar-refractivity contribution in [3.63, 3.8) is 0 Å². The normalized spacial score (nSPS) is 18.1. The maximum absolute atomic E-state index is 5.92. The predicted octanol–water partition coefficient (Wildman–Crippen LogP) is 2.81. The van der Waals surface area contributed by atoms with Crippen LogP contribution in [-0.4, -0.2) is 44.5 Å². The van der Waals surface area contributed by atoms with Crippen LogP contribution in [0.3, 0.4) is 0 Å². The minimum Gasteiger partial charge on any atom is -0.494 e. The number of benzene rings is 2. The molecule has 0 saturated carbocycles. The quantitative estimate of drug-likeness (QED) is 0.907. The van der Waals surface area contributed by atoms with Gasteiger partial charge in [-0.2, -0.15) is 0 Å². The maximum atomic E-state index is 5.92. The van der Waals surface area contributed by atoms with E-state index in [1.807, 2.05) is 19.1 Å². The Labute approximate surface area is 148 Å². The summed E-state index contributed by atoms with van der Waals surface area (Å²) in [5.74, 6) is 2.60. The SMILES string of the molecule is CCOc1ccccc1C(c1ccc2c(c1)OCO2)N1CCNCC1. The van der Waals surface area contributed by atoms with Crippen LogP contribution >= 0.6 is 0 Å². The van der Waals surface area contributed by atoms with Gasteiger partial charge in [0.1, 0.15) is 5.75 Å². The van der Waals surface area contributed by atoms with Gasteiger partial charge in [0.15, 0.2) is 11.5 Å². The van der Waals surface area contributed by atoms with Crippen molar-refractivity contribution in [2.24, 2.45) is 0 Å². The van der Waals surface area contributed by atoms with E-state index in [1.165, 1.54) is 11.1 Å². The molecule has 4 rings (SSSR count). The minimum absolute atomic E-state index is 0.138. The molecule has 25 heavy (non-hydrogen) atoms. The molecule has 5 heteroatoms. The van der Waals surface area contributed by atoms with Gasteiger partial charge in [-0.1, -0.05) is 24.3 Å². The summed E-state index contributed by atoms with van der Waals surface area (Å²) in [5.41, 5.74) is 2.41. The van der Waals surface area contributed by atoms with Gasteiger partial charge in [-0.05, 0) is 30.7 Å². The van der Waals surface area contributed by atoms with Crippen molar-refractivity contribution in [3.8, 4) is 17.2 Å². The largest absolute Gasteiger partial charge is 0.494 e. The van der Waals surface area contributed by atoms with Gasteiger partial charge >= 0.3 is 0 Å². The Hall–Kier alpha value is -2.24. The van der Waals surface area contributed by atoms with E-state index in [1.54, 1.807) is 0 Å². The topological polar surface area (TPSA) is 43.0 Å². The highest BCUT2D eigenvalue weighted by atomic mass is 16.7. The van der Waals surface area contributed by atoms with E-state index < -0.39 is 0 Å². The molecular weight excluding hydrogens is 316 g/mol. The van der Waals surface area contributed by atoms with Crippen LogP contribution in [0.4, 0.5) is 0 Å². The zero-order valence-corrected chi connectivity index (χ0v) is 14.5. The maximum Gasteiger partial charge on any atom is 0.231 e. The Morgan fingerprint density at radius 3 is 2.72 bits per heavy atom.